The molecule has 0 saturated carbocycles. The van der Waals surface area contributed by atoms with Gasteiger partial charge in [-0.1, -0.05) is 14.9 Å². The number of carbonyl (C=O) groups excluding carboxylic acids is 4. The molecule has 2 fully saturated rings. The topological polar surface area (TPSA) is 263 Å². The number of carbonyl (C=O) groups is 4. The molecule has 2 aromatic carbocycles. The molecule has 6 rings (SSSR count). The molecule has 80 heavy (non-hydrogen) atoms. The molecule has 0 atom stereocenters. The lowest BCUT2D eigenvalue weighted by Crippen LogP contribution is -2.51. The minimum atomic E-state index is -3.65. The highest BCUT2D eigenvalue weighted by atomic mass is 32.2. The van der Waals surface area contributed by atoms with Crippen LogP contribution in [0.25, 0.3) is 17.5 Å². The number of hydrogen-bond donors (Lipinski definition) is 0. The zero-order valence-electron chi connectivity index (χ0n) is 46.4. The number of sulfonamides is 2. The number of amides is 2. The van der Waals surface area contributed by atoms with E-state index in [0.29, 0.717) is 75.1 Å². The van der Waals surface area contributed by atoms with E-state index in [1.807, 2.05) is 0 Å². The largest absolute Gasteiger partial charge is 0.466 e. The van der Waals surface area contributed by atoms with E-state index in [1.54, 1.807) is 93.3 Å². The van der Waals surface area contributed by atoms with Crippen LogP contribution in [0, 0.1) is 0 Å². The number of rotatable bonds is 15. The fourth-order valence-electron chi connectivity index (χ4n) is 7.66. The summed E-state index contributed by atoms with van der Waals surface area (Å²) in [6.07, 6.45) is 5.18. The maximum absolute atomic E-state index is 13.6. The summed E-state index contributed by atoms with van der Waals surface area (Å²) in [4.78, 5) is 91.9. The average Bonchev–Trinajstić information content (AvgIpc) is 3.37. The van der Waals surface area contributed by atoms with E-state index in [1.165, 1.54) is 92.1 Å². The predicted molar refractivity (Wildman–Crippen MR) is 306 cm³/mol. The Morgan fingerprint density at radius 2 is 0.975 bits per heavy atom. The summed E-state index contributed by atoms with van der Waals surface area (Å²) in [5.74, 6) is -0.606. The molecule has 0 radical (unpaired) electrons. The molecule has 0 bridgehead atoms. The number of anilines is 2. The van der Waals surface area contributed by atoms with E-state index in [-0.39, 0.29) is 68.3 Å². The van der Waals surface area contributed by atoms with Gasteiger partial charge in [-0.05, 0) is 110 Å². The van der Waals surface area contributed by atoms with Gasteiger partial charge in [-0.3, -0.25) is 23.5 Å². The molecule has 2 amide bonds. The minimum Gasteiger partial charge on any atom is -0.466 e. The van der Waals surface area contributed by atoms with E-state index >= 15 is 0 Å². The van der Waals surface area contributed by atoms with Crippen LogP contribution < -0.4 is 20.9 Å². The highest BCUT2D eigenvalue weighted by Gasteiger charge is 2.30. The fraction of sp³-hybridized carbons (Fsp3) is 0.519. The first-order chi connectivity index (χ1) is 36.4. The second-order valence-corrected chi connectivity index (χ2v) is 24.6. The van der Waals surface area contributed by atoms with Crippen LogP contribution >= 0.6 is 0 Å². The summed E-state index contributed by atoms with van der Waals surface area (Å²) in [5.41, 5.74) is -0.385. The van der Waals surface area contributed by atoms with Crippen LogP contribution in [-0.2, 0) is 55.0 Å². The maximum atomic E-state index is 13.6. The third-order valence-corrected chi connectivity index (χ3v) is 15.3. The molecule has 4 heterocycles. The molecule has 2 aliphatic rings. The first-order valence-electron chi connectivity index (χ1n) is 25.2. The van der Waals surface area contributed by atoms with Crippen molar-refractivity contribution in [3.63, 3.8) is 0 Å². The van der Waals surface area contributed by atoms with Crippen molar-refractivity contribution in [1.82, 2.24) is 37.5 Å². The van der Waals surface area contributed by atoms with E-state index in [9.17, 15) is 45.6 Å². The molecule has 0 N–H and O–H groups in total. The highest BCUT2D eigenvalue weighted by Crippen LogP contribution is 2.22. The van der Waals surface area contributed by atoms with Crippen molar-refractivity contribution in [3.05, 3.63) is 99.1 Å². The van der Waals surface area contributed by atoms with Gasteiger partial charge in [-0.25, -0.2) is 49.8 Å². The van der Waals surface area contributed by atoms with Crippen molar-refractivity contribution in [2.45, 2.75) is 104 Å². The highest BCUT2D eigenvalue weighted by molar-refractivity contribution is 7.89. The van der Waals surface area contributed by atoms with Crippen molar-refractivity contribution in [1.29, 1.82) is 0 Å². The van der Waals surface area contributed by atoms with Crippen LogP contribution in [0.4, 0.5) is 21.2 Å². The van der Waals surface area contributed by atoms with Crippen LogP contribution in [0.1, 0.15) is 88.1 Å². The molecule has 0 spiro atoms. The van der Waals surface area contributed by atoms with Crippen LogP contribution in [0.15, 0.2) is 86.4 Å². The fourth-order valence-corrected chi connectivity index (χ4v) is 9.47. The molecule has 2 aliphatic heterocycles. The molecule has 2 saturated heterocycles. The second-order valence-electron chi connectivity index (χ2n) is 20.3. The van der Waals surface area contributed by atoms with E-state index in [2.05, 4.69) is 9.97 Å². The van der Waals surface area contributed by atoms with Crippen molar-refractivity contribution >= 4 is 61.9 Å². The number of piperazine rings is 2. The number of aryl methyl sites for hydroxylation is 1. The molecule has 24 nitrogen and oxygen atoms in total. The van der Waals surface area contributed by atoms with Gasteiger partial charge in [0.25, 0.3) is 11.1 Å². The number of hydrogen-bond acceptors (Lipinski definition) is 18. The second kappa shape index (κ2) is 28.3. The first-order valence-corrected chi connectivity index (χ1v) is 28.1. The maximum Gasteiger partial charge on any atom is 0.410 e. The average molecular weight is 1160 g/mol. The Kier molecular flexibility index (Phi) is 23.8. The summed E-state index contributed by atoms with van der Waals surface area (Å²) in [6.45, 7) is 17.5. The van der Waals surface area contributed by atoms with Crippen molar-refractivity contribution in [2.75, 3.05) is 104 Å². The summed E-state index contributed by atoms with van der Waals surface area (Å²) in [7, 11) is -1.51. The lowest BCUT2D eigenvalue weighted by Gasteiger charge is -2.36. The van der Waals surface area contributed by atoms with Crippen molar-refractivity contribution in [3.8, 4) is 11.4 Å². The third-order valence-electron chi connectivity index (χ3n) is 11.7. The SMILES string of the molecule is C.C.CCOC(=O)/C=C/c1cn(-c2ccc(S(=O)(=O)N(C)C)cc2)c(=O)c(N2CCN(C(=O)OC(C)(C)C)CC2)n1.CCOC(=O)CCc1cn(-c2ccc(S(=O)(=O)N(C)C)cc2)c(=O)c(N2CCN(C(=O)OC(C)(C)C)CC2)n1. The van der Waals surface area contributed by atoms with Crippen LogP contribution in [0.2, 0.25) is 0 Å². The normalized spacial score (nSPS) is 14.2. The monoisotopic (exact) mass is 1160 g/mol. The summed E-state index contributed by atoms with van der Waals surface area (Å²) >= 11 is 0. The number of ether oxygens (including phenoxy) is 4. The van der Waals surface area contributed by atoms with E-state index in [0.717, 1.165) is 8.61 Å². The molecule has 442 valence electrons. The van der Waals surface area contributed by atoms with Gasteiger partial charge in [0, 0.05) is 117 Å². The van der Waals surface area contributed by atoms with Gasteiger partial charge in [0.05, 0.1) is 40.8 Å². The zero-order valence-corrected chi connectivity index (χ0v) is 48.1. The molecule has 26 heteroatoms. The molecular formula is C54H80N10O14S2. The Bertz CT molecular complexity index is 3150. The lowest BCUT2D eigenvalue weighted by molar-refractivity contribution is -0.143. The molecular weight excluding hydrogens is 1080 g/mol. The Morgan fingerprint density at radius 1 is 0.588 bits per heavy atom. The van der Waals surface area contributed by atoms with E-state index < -0.39 is 60.5 Å². The van der Waals surface area contributed by atoms with E-state index in [4.69, 9.17) is 18.9 Å². The van der Waals surface area contributed by atoms with Crippen molar-refractivity contribution in [2.24, 2.45) is 0 Å². The molecule has 0 aliphatic carbocycles. The van der Waals surface area contributed by atoms with Gasteiger partial charge in [0.2, 0.25) is 20.0 Å². The Hall–Kier alpha value is -7.16. The van der Waals surface area contributed by atoms with Crippen LogP contribution in [0.3, 0.4) is 0 Å². The lowest BCUT2D eigenvalue weighted by atomic mass is 10.2. The Morgan fingerprint density at radius 3 is 1.35 bits per heavy atom. The third kappa shape index (κ3) is 17.9. The van der Waals surface area contributed by atoms with Crippen molar-refractivity contribution < 1.29 is 55.0 Å². The van der Waals surface area contributed by atoms with Crippen LogP contribution in [-0.4, -0.2) is 183 Å². The van der Waals surface area contributed by atoms with Gasteiger partial charge in [-0.2, -0.15) is 0 Å². The standard InChI is InChI=1S/C26H37N5O7S.C26H35N5O7S.2CH4/c2*1-7-37-22(32)13-8-19-18-31(20-9-11-21(12-10-20)39(35,36)28(5)6)24(33)23(27-19)29-14-16-30(17-15-29)25(34)38-26(2,3)4;;/h9-12,18H,7-8,13-17H2,1-6H3;8-13,18H,7,14-17H2,1-6H3;2*1H4/b;13-8+;;. The number of benzene rings is 2. The molecule has 2 aromatic heterocycles. The van der Waals surface area contributed by atoms with Crippen LogP contribution in [0.5, 0.6) is 0 Å². The Labute approximate surface area is 470 Å². The minimum absolute atomic E-state index is 0. The Balaban J connectivity index is 0.000000410. The van der Waals surface area contributed by atoms with Gasteiger partial charge in [0.1, 0.15) is 11.2 Å². The molecule has 4 aromatic rings. The number of aromatic nitrogens is 4. The smallest absolute Gasteiger partial charge is 0.410 e. The van der Waals surface area contributed by atoms with Gasteiger partial charge >= 0.3 is 24.1 Å². The quantitative estimate of drug-likeness (QED) is 0.0817. The molecule has 0 unspecified atom stereocenters. The number of nitrogens with zero attached hydrogens (tertiary/aromatic N) is 10. The first kappa shape index (κ1) is 67.1. The van der Waals surface area contributed by atoms with Gasteiger partial charge in [0.15, 0.2) is 11.6 Å². The summed E-state index contributed by atoms with van der Waals surface area (Å²) in [6, 6.07) is 11.9. The summed E-state index contributed by atoms with van der Waals surface area (Å²) < 4.78 is 75.7. The number of esters is 2. The zero-order chi connectivity index (χ0) is 57.9. The van der Waals surface area contributed by atoms with Gasteiger partial charge < -0.3 is 38.5 Å². The van der Waals surface area contributed by atoms with Gasteiger partial charge in [-0.15, -0.1) is 0 Å². The predicted octanol–water partition coefficient (Wildman–Crippen LogP) is 5.42. The summed E-state index contributed by atoms with van der Waals surface area (Å²) in [5, 5.41) is 0.